The van der Waals surface area contributed by atoms with Gasteiger partial charge in [-0.05, 0) is 42.5 Å². The highest BCUT2D eigenvalue weighted by Gasteiger charge is 2.37. The van der Waals surface area contributed by atoms with E-state index in [0.717, 1.165) is 11.6 Å². The first-order valence-corrected chi connectivity index (χ1v) is 7.02. The largest absolute Gasteiger partial charge is 0.310 e. The van der Waals surface area contributed by atoms with Crippen LogP contribution in [0.15, 0.2) is 24.3 Å². The van der Waals surface area contributed by atoms with Crippen molar-refractivity contribution >= 4 is 11.6 Å². The summed E-state index contributed by atoms with van der Waals surface area (Å²) in [6, 6.07) is 8.80. The number of hydrogen-bond acceptors (Lipinski definition) is 1. The van der Waals surface area contributed by atoms with Crippen LogP contribution in [0.4, 0.5) is 0 Å². The molecule has 0 aromatic heterocycles. The molecule has 1 saturated carbocycles. The van der Waals surface area contributed by atoms with Gasteiger partial charge in [-0.2, -0.15) is 0 Å². The van der Waals surface area contributed by atoms with Gasteiger partial charge in [-0.25, -0.2) is 0 Å². The highest BCUT2D eigenvalue weighted by atomic mass is 35.5. The summed E-state index contributed by atoms with van der Waals surface area (Å²) in [6.07, 6.45) is 5.39. The highest BCUT2D eigenvalue weighted by Crippen LogP contribution is 2.47. The van der Waals surface area contributed by atoms with Gasteiger partial charge in [0.2, 0.25) is 0 Å². The zero-order valence-electron chi connectivity index (χ0n) is 10.8. The lowest BCUT2D eigenvalue weighted by molar-refractivity contribution is 0.226. The fraction of sp³-hybridized carbons (Fsp3) is 0.600. The average molecular weight is 252 g/mol. The van der Waals surface area contributed by atoms with Crippen LogP contribution in [0.5, 0.6) is 0 Å². The summed E-state index contributed by atoms with van der Waals surface area (Å²) in [5.74, 6) is 0. The maximum atomic E-state index is 5.97. The summed E-state index contributed by atoms with van der Waals surface area (Å²) < 4.78 is 0. The molecular formula is C15H22ClN. The molecule has 1 aromatic rings. The number of halogens is 1. The molecule has 0 aliphatic heterocycles. The van der Waals surface area contributed by atoms with Gasteiger partial charge in [0.15, 0.2) is 0 Å². The molecule has 0 amide bonds. The van der Waals surface area contributed by atoms with Crippen LogP contribution in [-0.4, -0.2) is 6.54 Å². The predicted molar refractivity (Wildman–Crippen MR) is 74.4 cm³/mol. The Hall–Kier alpha value is -0.530. The molecule has 1 aromatic carbocycles. The van der Waals surface area contributed by atoms with Crippen molar-refractivity contribution in [3.63, 3.8) is 0 Å². The highest BCUT2D eigenvalue weighted by molar-refractivity contribution is 6.30. The van der Waals surface area contributed by atoms with Crippen molar-refractivity contribution < 1.29 is 0 Å². The zero-order valence-corrected chi connectivity index (χ0v) is 11.6. The lowest BCUT2D eigenvalue weighted by atomic mass is 9.77. The molecule has 1 aliphatic carbocycles. The summed E-state index contributed by atoms with van der Waals surface area (Å²) in [6.45, 7) is 5.62. The van der Waals surface area contributed by atoms with Crippen LogP contribution >= 0.6 is 11.6 Å². The third kappa shape index (κ3) is 2.83. The Morgan fingerprint density at radius 3 is 2.35 bits per heavy atom. The minimum Gasteiger partial charge on any atom is -0.310 e. The van der Waals surface area contributed by atoms with E-state index in [4.69, 9.17) is 11.6 Å². The summed E-state index contributed by atoms with van der Waals surface area (Å²) >= 11 is 5.97. The molecule has 17 heavy (non-hydrogen) atoms. The molecule has 0 bridgehead atoms. The SMILES string of the molecule is CCNC(c1ccc(Cl)cc1)C1(C)CCCC1. The van der Waals surface area contributed by atoms with Crippen LogP contribution in [0, 0.1) is 5.41 Å². The van der Waals surface area contributed by atoms with Gasteiger partial charge in [0, 0.05) is 11.1 Å². The minimum atomic E-state index is 0.407. The predicted octanol–water partition coefficient (Wildman–Crippen LogP) is 4.57. The third-order valence-corrected chi connectivity index (χ3v) is 4.31. The number of benzene rings is 1. The van der Waals surface area contributed by atoms with Gasteiger partial charge in [-0.3, -0.25) is 0 Å². The maximum absolute atomic E-state index is 5.97. The van der Waals surface area contributed by atoms with Gasteiger partial charge in [0.25, 0.3) is 0 Å². The Labute approximate surface area is 110 Å². The van der Waals surface area contributed by atoms with Crippen molar-refractivity contribution in [1.29, 1.82) is 0 Å². The zero-order chi connectivity index (χ0) is 12.3. The lowest BCUT2D eigenvalue weighted by Gasteiger charge is -2.35. The molecule has 0 radical (unpaired) electrons. The molecule has 0 saturated heterocycles. The Kier molecular flexibility index (Phi) is 4.11. The first-order valence-electron chi connectivity index (χ1n) is 6.64. The molecule has 1 aliphatic rings. The maximum Gasteiger partial charge on any atom is 0.0406 e. The summed E-state index contributed by atoms with van der Waals surface area (Å²) in [5, 5.41) is 4.48. The molecule has 2 rings (SSSR count). The average Bonchev–Trinajstić information content (AvgIpc) is 2.75. The second kappa shape index (κ2) is 5.41. The Morgan fingerprint density at radius 2 is 1.82 bits per heavy atom. The molecular weight excluding hydrogens is 230 g/mol. The minimum absolute atomic E-state index is 0.407. The van der Waals surface area contributed by atoms with E-state index in [9.17, 15) is 0 Å². The molecule has 1 nitrogen and oxygen atoms in total. The molecule has 0 heterocycles. The molecule has 0 spiro atoms. The summed E-state index contributed by atoms with van der Waals surface area (Å²) in [5.41, 5.74) is 1.78. The van der Waals surface area contributed by atoms with E-state index in [0.29, 0.717) is 11.5 Å². The fourth-order valence-corrected chi connectivity index (χ4v) is 3.22. The van der Waals surface area contributed by atoms with Crippen LogP contribution in [0.1, 0.15) is 51.1 Å². The lowest BCUT2D eigenvalue weighted by Crippen LogP contribution is -2.34. The van der Waals surface area contributed by atoms with Crippen LogP contribution in [0.2, 0.25) is 5.02 Å². The van der Waals surface area contributed by atoms with E-state index in [2.05, 4.69) is 31.3 Å². The quantitative estimate of drug-likeness (QED) is 0.827. The van der Waals surface area contributed by atoms with Crippen molar-refractivity contribution in [1.82, 2.24) is 5.32 Å². The van der Waals surface area contributed by atoms with E-state index in [1.807, 2.05) is 12.1 Å². The smallest absolute Gasteiger partial charge is 0.0406 e. The second-order valence-electron chi connectivity index (χ2n) is 5.40. The van der Waals surface area contributed by atoms with Crippen molar-refractivity contribution in [2.45, 2.75) is 45.6 Å². The van der Waals surface area contributed by atoms with E-state index in [-0.39, 0.29) is 0 Å². The third-order valence-electron chi connectivity index (χ3n) is 4.05. The van der Waals surface area contributed by atoms with Crippen LogP contribution in [0.25, 0.3) is 0 Å². The van der Waals surface area contributed by atoms with Crippen molar-refractivity contribution in [3.8, 4) is 0 Å². The normalized spacial score (nSPS) is 20.4. The molecule has 94 valence electrons. The first-order chi connectivity index (χ1) is 8.15. The second-order valence-corrected chi connectivity index (χ2v) is 5.84. The van der Waals surface area contributed by atoms with Gasteiger partial charge in [-0.15, -0.1) is 0 Å². The van der Waals surface area contributed by atoms with Gasteiger partial charge >= 0.3 is 0 Å². The summed E-state index contributed by atoms with van der Waals surface area (Å²) in [7, 11) is 0. The van der Waals surface area contributed by atoms with Gasteiger partial charge in [0.1, 0.15) is 0 Å². The fourth-order valence-electron chi connectivity index (χ4n) is 3.10. The number of hydrogen-bond donors (Lipinski definition) is 1. The topological polar surface area (TPSA) is 12.0 Å². The molecule has 1 fully saturated rings. The van der Waals surface area contributed by atoms with Crippen molar-refractivity contribution in [2.75, 3.05) is 6.54 Å². The van der Waals surface area contributed by atoms with Crippen LogP contribution < -0.4 is 5.32 Å². The molecule has 1 atom stereocenters. The van der Waals surface area contributed by atoms with E-state index in [1.54, 1.807) is 0 Å². The van der Waals surface area contributed by atoms with Crippen LogP contribution in [-0.2, 0) is 0 Å². The Balaban J connectivity index is 2.24. The van der Waals surface area contributed by atoms with E-state index >= 15 is 0 Å². The molecule has 1 unspecified atom stereocenters. The monoisotopic (exact) mass is 251 g/mol. The van der Waals surface area contributed by atoms with Crippen molar-refractivity contribution in [2.24, 2.45) is 5.41 Å². The first kappa shape index (κ1) is 12.9. The Bertz CT molecular complexity index is 352. The standard InChI is InChI=1S/C15H22ClN/c1-3-17-14(15(2)10-4-5-11-15)12-6-8-13(16)9-7-12/h6-9,14,17H,3-5,10-11H2,1-2H3. The van der Waals surface area contributed by atoms with Gasteiger partial charge < -0.3 is 5.32 Å². The van der Waals surface area contributed by atoms with Gasteiger partial charge in [-0.1, -0.05) is 50.4 Å². The number of nitrogens with one attached hydrogen (secondary N) is 1. The van der Waals surface area contributed by atoms with Crippen molar-refractivity contribution in [3.05, 3.63) is 34.9 Å². The molecule has 2 heteroatoms. The van der Waals surface area contributed by atoms with E-state index in [1.165, 1.54) is 31.2 Å². The Morgan fingerprint density at radius 1 is 1.24 bits per heavy atom. The van der Waals surface area contributed by atoms with Crippen LogP contribution in [0.3, 0.4) is 0 Å². The van der Waals surface area contributed by atoms with Gasteiger partial charge in [0.05, 0.1) is 0 Å². The van der Waals surface area contributed by atoms with E-state index < -0.39 is 0 Å². The summed E-state index contributed by atoms with van der Waals surface area (Å²) in [4.78, 5) is 0. The molecule has 1 N–H and O–H groups in total. The number of rotatable bonds is 4.